The molecule has 6 rings (SSSR count). The molecule has 1 saturated heterocycles. The summed E-state index contributed by atoms with van der Waals surface area (Å²) < 4.78 is 1.52. The van der Waals surface area contributed by atoms with Crippen molar-refractivity contribution < 1.29 is 9.59 Å². The van der Waals surface area contributed by atoms with E-state index in [0.29, 0.717) is 17.1 Å². The highest BCUT2D eigenvalue weighted by atomic mass is 32.1. The summed E-state index contributed by atoms with van der Waals surface area (Å²) in [5.41, 5.74) is 5.72. The van der Waals surface area contributed by atoms with Crippen LogP contribution in [0.25, 0.3) is 11.3 Å². The number of piperazine rings is 1. The molecule has 3 heterocycles. The first-order chi connectivity index (χ1) is 22.2. The number of anilines is 3. The van der Waals surface area contributed by atoms with Crippen LogP contribution in [0.3, 0.4) is 0 Å². The number of Topliss-reactive ketones (excluding diaryl/α,β-unsaturated/α-hetero) is 1. The van der Waals surface area contributed by atoms with E-state index in [4.69, 9.17) is 4.98 Å². The fraction of sp³-hybridized carbons (Fsp3) is 0.389. The SMILES string of the molecule is CCN1CCN(C(C(C)=O)c2ccc(Nc3nc(-c4cccc(NC(=O)c5cc6c(s5)CCCC6)c4C)cn(C)c3=O)cc2)CC1. The molecule has 1 atom stereocenters. The Morgan fingerprint density at radius 3 is 2.46 bits per heavy atom. The van der Waals surface area contributed by atoms with Gasteiger partial charge in [0.05, 0.1) is 16.6 Å². The van der Waals surface area contributed by atoms with Gasteiger partial charge in [0.2, 0.25) is 0 Å². The van der Waals surface area contributed by atoms with Crippen molar-refractivity contribution in [1.29, 1.82) is 0 Å². The van der Waals surface area contributed by atoms with Gasteiger partial charge in [-0.3, -0.25) is 19.3 Å². The van der Waals surface area contributed by atoms with E-state index >= 15 is 0 Å². The molecule has 46 heavy (non-hydrogen) atoms. The third-order valence-electron chi connectivity index (χ3n) is 9.24. The standard InChI is InChI=1S/C36H42N6O3S/c1-5-41-17-19-42(20-18-41)33(24(3)43)25-13-15-27(16-14-25)37-34-36(45)40(4)22-30(38-34)28-10-8-11-29(23(28)2)39-35(44)32-21-26-9-6-7-12-31(26)46-32/h8,10-11,13-16,21-22,33H,5-7,9,12,17-20H2,1-4H3,(H,37,38)(H,39,44). The molecule has 2 aromatic heterocycles. The smallest absolute Gasteiger partial charge is 0.293 e. The lowest BCUT2D eigenvalue weighted by atomic mass is 9.99. The van der Waals surface area contributed by atoms with Crippen molar-refractivity contribution >= 4 is 40.2 Å². The van der Waals surface area contributed by atoms with E-state index in [9.17, 15) is 14.4 Å². The molecule has 240 valence electrons. The molecule has 1 aliphatic carbocycles. The Bertz CT molecular complexity index is 1780. The van der Waals surface area contributed by atoms with Crippen molar-refractivity contribution in [2.24, 2.45) is 7.05 Å². The van der Waals surface area contributed by atoms with Crippen molar-refractivity contribution in [2.45, 2.75) is 52.5 Å². The lowest BCUT2D eigenvalue weighted by Crippen LogP contribution is -2.48. The second-order valence-corrected chi connectivity index (χ2v) is 13.5. The number of aromatic nitrogens is 2. The number of aryl methyl sites for hydroxylation is 3. The first-order valence-corrected chi connectivity index (χ1v) is 17.0. The molecule has 0 bridgehead atoms. The van der Waals surface area contributed by atoms with Gasteiger partial charge in [-0.15, -0.1) is 11.3 Å². The van der Waals surface area contributed by atoms with E-state index in [2.05, 4.69) is 27.4 Å². The number of ketones is 1. The maximum atomic E-state index is 13.2. The molecular formula is C36H42N6O3S. The number of hydrogen-bond donors (Lipinski definition) is 2. The van der Waals surface area contributed by atoms with Gasteiger partial charge < -0.3 is 20.1 Å². The Hall–Kier alpha value is -4.12. The van der Waals surface area contributed by atoms with Gasteiger partial charge in [0.15, 0.2) is 11.6 Å². The van der Waals surface area contributed by atoms with Crippen LogP contribution in [0.4, 0.5) is 17.2 Å². The summed E-state index contributed by atoms with van der Waals surface area (Å²) in [6.07, 6.45) is 6.17. The summed E-state index contributed by atoms with van der Waals surface area (Å²) in [6.45, 7) is 10.4. The highest BCUT2D eigenvalue weighted by Gasteiger charge is 2.28. The zero-order chi connectivity index (χ0) is 32.4. The Morgan fingerprint density at radius 1 is 1.02 bits per heavy atom. The van der Waals surface area contributed by atoms with Gasteiger partial charge in [0, 0.05) is 61.2 Å². The van der Waals surface area contributed by atoms with Gasteiger partial charge >= 0.3 is 0 Å². The van der Waals surface area contributed by atoms with Crippen LogP contribution in [0, 0.1) is 6.92 Å². The highest BCUT2D eigenvalue weighted by Crippen LogP contribution is 2.32. The fourth-order valence-corrected chi connectivity index (χ4v) is 7.73. The summed E-state index contributed by atoms with van der Waals surface area (Å²) in [4.78, 5) is 50.5. The molecular weight excluding hydrogens is 597 g/mol. The van der Waals surface area contributed by atoms with Crippen LogP contribution in [0.5, 0.6) is 0 Å². The van der Waals surface area contributed by atoms with Crippen LogP contribution in [-0.2, 0) is 24.7 Å². The minimum Gasteiger partial charge on any atom is -0.336 e. The largest absolute Gasteiger partial charge is 0.336 e. The second-order valence-electron chi connectivity index (χ2n) is 12.3. The minimum absolute atomic E-state index is 0.103. The highest BCUT2D eigenvalue weighted by molar-refractivity contribution is 7.14. The minimum atomic E-state index is -0.289. The zero-order valence-corrected chi connectivity index (χ0v) is 27.9. The number of hydrogen-bond acceptors (Lipinski definition) is 8. The lowest BCUT2D eigenvalue weighted by Gasteiger charge is -2.38. The van der Waals surface area contributed by atoms with Crippen molar-refractivity contribution in [3.8, 4) is 11.3 Å². The molecule has 1 amide bonds. The van der Waals surface area contributed by atoms with Crippen molar-refractivity contribution in [3.63, 3.8) is 0 Å². The topological polar surface area (TPSA) is 99.6 Å². The number of carbonyl (C=O) groups is 2. The summed E-state index contributed by atoms with van der Waals surface area (Å²) in [5.74, 6) is 0.218. The molecule has 0 saturated carbocycles. The number of carbonyl (C=O) groups excluding carboxylic acids is 2. The van der Waals surface area contributed by atoms with Crippen LogP contribution < -0.4 is 16.2 Å². The van der Waals surface area contributed by atoms with Crippen molar-refractivity contribution in [1.82, 2.24) is 19.4 Å². The Kier molecular flexibility index (Phi) is 9.49. The van der Waals surface area contributed by atoms with Gasteiger partial charge in [-0.1, -0.05) is 31.2 Å². The average Bonchev–Trinajstić information content (AvgIpc) is 3.50. The third kappa shape index (κ3) is 6.70. The van der Waals surface area contributed by atoms with E-state index in [1.54, 1.807) is 31.5 Å². The summed E-state index contributed by atoms with van der Waals surface area (Å²) in [6, 6.07) is 15.2. The monoisotopic (exact) mass is 638 g/mol. The van der Waals surface area contributed by atoms with Crippen LogP contribution in [0.1, 0.15) is 64.0 Å². The van der Waals surface area contributed by atoms with Gasteiger partial charge in [0.1, 0.15) is 0 Å². The molecule has 2 N–H and O–H groups in total. The number of benzene rings is 2. The summed E-state index contributed by atoms with van der Waals surface area (Å²) in [7, 11) is 1.71. The Labute approximate surface area is 274 Å². The van der Waals surface area contributed by atoms with Gasteiger partial charge in [-0.25, -0.2) is 4.98 Å². The number of nitrogens with one attached hydrogen (secondary N) is 2. The van der Waals surface area contributed by atoms with Crippen molar-refractivity contribution in [3.05, 3.63) is 91.5 Å². The van der Waals surface area contributed by atoms with Crippen LogP contribution in [0.15, 0.2) is 59.5 Å². The van der Waals surface area contributed by atoms with E-state index in [-0.39, 0.29) is 29.1 Å². The van der Waals surface area contributed by atoms with Crippen LogP contribution in [-0.4, -0.2) is 63.8 Å². The maximum absolute atomic E-state index is 13.2. The molecule has 1 unspecified atom stereocenters. The maximum Gasteiger partial charge on any atom is 0.293 e. The number of thiophene rings is 1. The summed E-state index contributed by atoms with van der Waals surface area (Å²) in [5, 5.41) is 6.31. The molecule has 4 aromatic rings. The van der Waals surface area contributed by atoms with E-state index in [1.807, 2.05) is 55.5 Å². The molecule has 9 nitrogen and oxygen atoms in total. The van der Waals surface area contributed by atoms with E-state index < -0.39 is 0 Å². The predicted octanol–water partition coefficient (Wildman–Crippen LogP) is 5.96. The van der Waals surface area contributed by atoms with Gasteiger partial charge in [0.25, 0.3) is 11.5 Å². The number of nitrogens with zero attached hydrogens (tertiary/aromatic N) is 4. The Balaban J connectivity index is 1.21. The zero-order valence-electron chi connectivity index (χ0n) is 27.1. The number of rotatable bonds is 9. The Morgan fingerprint density at radius 2 is 1.76 bits per heavy atom. The normalized spacial score (nSPS) is 16.1. The first kappa shape index (κ1) is 31.8. The average molecular weight is 639 g/mol. The quantitative estimate of drug-likeness (QED) is 0.234. The second kappa shape index (κ2) is 13.7. The first-order valence-electron chi connectivity index (χ1n) is 16.2. The van der Waals surface area contributed by atoms with Gasteiger partial charge in [-0.2, -0.15) is 0 Å². The summed E-state index contributed by atoms with van der Waals surface area (Å²) >= 11 is 1.60. The molecule has 0 radical (unpaired) electrons. The molecule has 1 fully saturated rings. The molecule has 2 aromatic carbocycles. The molecule has 2 aliphatic rings. The third-order valence-corrected chi connectivity index (χ3v) is 10.5. The fourth-order valence-electron chi connectivity index (χ4n) is 6.58. The van der Waals surface area contributed by atoms with Gasteiger partial charge in [-0.05, 0) is 87.0 Å². The van der Waals surface area contributed by atoms with E-state index in [1.165, 1.54) is 27.8 Å². The molecule has 1 aliphatic heterocycles. The predicted molar refractivity (Wildman–Crippen MR) is 185 cm³/mol. The van der Waals surface area contributed by atoms with E-state index in [0.717, 1.165) is 67.1 Å². The van der Waals surface area contributed by atoms with Crippen molar-refractivity contribution in [2.75, 3.05) is 43.4 Å². The number of fused-ring (bicyclic) bond motifs is 1. The van der Waals surface area contributed by atoms with Crippen LogP contribution in [0.2, 0.25) is 0 Å². The lowest BCUT2D eigenvalue weighted by molar-refractivity contribution is -0.123. The molecule has 10 heteroatoms. The number of amides is 1. The number of likely N-dealkylation sites (N-methyl/N-ethyl adjacent to an activating group) is 1. The molecule has 0 spiro atoms. The van der Waals surface area contributed by atoms with Crippen LogP contribution >= 0.6 is 11.3 Å².